The quantitative estimate of drug-likeness (QED) is 0.0272. The van der Waals surface area contributed by atoms with E-state index in [1.54, 1.807) is 6.08 Å². The SMILES string of the molecule is CC/C=C\C/C=C\C/C=C\C/C=C\C/C=C\C/C=C\CCCCC(=O)NC(COP(=O)([O-])OCC[N+](C)(C)C)C(O)/C=C/CC/C=C/CCCCCCCCCCCCCCCCCCCCCCCC. The number of nitrogens with one attached hydrogen (secondary N) is 1. The molecule has 9 heteroatoms. The van der Waals surface area contributed by atoms with Gasteiger partial charge in [-0.25, -0.2) is 0 Å². The number of likely N-dealkylation sites (N-methyl/N-ethyl adjacent to an activating group) is 1. The minimum Gasteiger partial charge on any atom is -0.756 e. The second kappa shape index (κ2) is 52.3. The fourth-order valence-corrected chi connectivity index (χ4v) is 8.72. The molecule has 2 N–H and O–H groups in total. The number of hydrogen-bond donors (Lipinski definition) is 2. The standard InChI is InChI=1S/C62H111N2O6P/c1-6-8-10-12-14-16-18-20-22-24-26-28-29-30-31-32-33-34-36-37-39-41-43-45-47-49-51-53-55-61(65)60(59-70-71(67,68)69-58-57-64(3,4)5)63-62(66)56-54-52-50-48-46-44-42-40-38-35-27-25-23-21-19-17-15-13-11-9-7-2/h9,11,15,17,21,23,27,35,40,42,45-48,53,55,60-61,65H,6-8,10,12-14,16,18-20,22,24-26,28-34,36-39,41,43-44,49-52,54,56-59H2,1-5H3,(H-,63,66,67,68)/b11-9-,17-15-,23-21-,35-27-,42-40-,47-45+,48-46-,55-53+. The van der Waals surface area contributed by atoms with Gasteiger partial charge in [0.05, 0.1) is 39.9 Å². The van der Waals surface area contributed by atoms with E-state index in [2.05, 4.69) is 104 Å². The zero-order chi connectivity index (χ0) is 52.0. The molecule has 0 heterocycles. The Labute approximate surface area is 439 Å². The zero-order valence-electron chi connectivity index (χ0n) is 46.6. The Kier molecular flexibility index (Phi) is 50.4. The average molecular weight is 1010 g/mol. The van der Waals surface area contributed by atoms with Gasteiger partial charge in [0.2, 0.25) is 5.91 Å². The van der Waals surface area contributed by atoms with Crippen LogP contribution < -0.4 is 10.2 Å². The number of aliphatic hydroxyl groups excluding tert-OH is 1. The third kappa shape index (κ3) is 55.0. The van der Waals surface area contributed by atoms with Gasteiger partial charge in [-0.15, -0.1) is 0 Å². The first-order valence-corrected chi connectivity index (χ1v) is 30.6. The largest absolute Gasteiger partial charge is 0.756 e. The molecule has 0 aliphatic rings. The number of hydrogen-bond acceptors (Lipinski definition) is 6. The van der Waals surface area contributed by atoms with E-state index >= 15 is 0 Å². The Morgan fingerprint density at radius 3 is 1.31 bits per heavy atom. The first-order chi connectivity index (χ1) is 34.5. The molecular formula is C62H111N2O6P. The van der Waals surface area contributed by atoms with Crippen LogP contribution in [0.25, 0.3) is 0 Å². The molecule has 0 saturated heterocycles. The van der Waals surface area contributed by atoms with Gasteiger partial charge >= 0.3 is 0 Å². The van der Waals surface area contributed by atoms with Crippen molar-refractivity contribution in [3.63, 3.8) is 0 Å². The van der Waals surface area contributed by atoms with Crippen LogP contribution in [-0.2, 0) is 18.4 Å². The lowest BCUT2D eigenvalue weighted by molar-refractivity contribution is -0.870. The lowest BCUT2D eigenvalue weighted by Crippen LogP contribution is -2.45. The highest BCUT2D eigenvalue weighted by molar-refractivity contribution is 7.45. The van der Waals surface area contributed by atoms with Crippen molar-refractivity contribution in [2.24, 2.45) is 0 Å². The van der Waals surface area contributed by atoms with E-state index in [0.29, 0.717) is 17.4 Å². The van der Waals surface area contributed by atoms with Crippen LogP contribution in [0.3, 0.4) is 0 Å². The predicted octanol–water partition coefficient (Wildman–Crippen LogP) is 17.2. The van der Waals surface area contributed by atoms with E-state index in [9.17, 15) is 19.4 Å². The van der Waals surface area contributed by atoms with Gasteiger partial charge in [-0.2, -0.15) is 0 Å². The summed E-state index contributed by atoms with van der Waals surface area (Å²) >= 11 is 0. The molecule has 0 rings (SSSR count). The van der Waals surface area contributed by atoms with E-state index in [1.165, 1.54) is 141 Å². The second-order valence-corrected chi connectivity index (χ2v) is 22.0. The molecule has 0 saturated carbocycles. The molecule has 1 amide bonds. The third-order valence-corrected chi connectivity index (χ3v) is 13.5. The molecule has 0 aromatic carbocycles. The molecule has 0 bridgehead atoms. The lowest BCUT2D eigenvalue weighted by Gasteiger charge is -2.29. The summed E-state index contributed by atoms with van der Waals surface area (Å²) < 4.78 is 23.3. The molecule has 0 radical (unpaired) electrons. The molecule has 0 aromatic heterocycles. The van der Waals surface area contributed by atoms with Crippen LogP contribution in [0.15, 0.2) is 97.2 Å². The Hall–Kier alpha value is -2.58. The number of amides is 1. The van der Waals surface area contributed by atoms with Crippen molar-refractivity contribution in [3.05, 3.63) is 97.2 Å². The smallest absolute Gasteiger partial charge is 0.268 e. The molecule has 0 aliphatic carbocycles. The van der Waals surface area contributed by atoms with Gasteiger partial charge in [-0.05, 0) is 83.5 Å². The van der Waals surface area contributed by atoms with Crippen LogP contribution in [0, 0.1) is 0 Å². The second-order valence-electron chi connectivity index (χ2n) is 20.6. The summed E-state index contributed by atoms with van der Waals surface area (Å²) in [7, 11) is 1.20. The number of phosphoric ester groups is 1. The molecule has 71 heavy (non-hydrogen) atoms. The van der Waals surface area contributed by atoms with Crippen LogP contribution in [0.2, 0.25) is 0 Å². The van der Waals surface area contributed by atoms with Crippen molar-refractivity contribution in [2.75, 3.05) is 40.9 Å². The maximum absolute atomic E-state index is 12.9. The highest BCUT2D eigenvalue weighted by Crippen LogP contribution is 2.38. The van der Waals surface area contributed by atoms with Gasteiger partial charge in [0.15, 0.2) is 0 Å². The Bertz CT molecular complexity index is 1470. The van der Waals surface area contributed by atoms with Crippen LogP contribution in [0.1, 0.15) is 239 Å². The third-order valence-electron chi connectivity index (χ3n) is 12.5. The van der Waals surface area contributed by atoms with Gasteiger partial charge in [0, 0.05) is 6.42 Å². The molecule has 0 spiro atoms. The molecular weight excluding hydrogens is 900 g/mol. The number of nitrogens with zero attached hydrogens (tertiary/aromatic N) is 1. The normalized spacial score (nSPS) is 14.6. The number of rotatable bonds is 52. The Morgan fingerprint density at radius 1 is 0.507 bits per heavy atom. The monoisotopic (exact) mass is 1010 g/mol. The summed E-state index contributed by atoms with van der Waals surface area (Å²) in [5, 5.41) is 13.8. The molecule has 0 aliphatic heterocycles. The first-order valence-electron chi connectivity index (χ1n) is 29.1. The van der Waals surface area contributed by atoms with Crippen molar-refractivity contribution in [1.82, 2.24) is 5.32 Å². The zero-order valence-corrected chi connectivity index (χ0v) is 47.5. The molecule has 8 nitrogen and oxygen atoms in total. The van der Waals surface area contributed by atoms with Crippen molar-refractivity contribution in [2.45, 2.75) is 251 Å². The minimum atomic E-state index is -4.63. The summed E-state index contributed by atoms with van der Waals surface area (Å²) in [5.74, 6) is -0.251. The number of aliphatic hydroxyl groups is 1. The topological polar surface area (TPSA) is 108 Å². The van der Waals surface area contributed by atoms with Crippen LogP contribution >= 0.6 is 7.82 Å². The molecule has 3 unspecified atom stereocenters. The number of carbonyl (C=O) groups excluding carboxylic acids is 1. The summed E-state index contributed by atoms with van der Waals surface area (Å²) in [6, 6.07) is -0.934. The van der Waals surface area contributed by atoms with E-state index < -0.39 is 26.6 Å². The van der Waals surface area contributed by atoms with E-state index in [1.807, 2.05) is 27.2 Å². The van der Waals surface area contributed by atoms with Gasteiger partial charge in [0.1, 0.15) is 13.2 Å². The maximum atomic E-state index is 12.9. The number of quaternary nitrogens is 1. The van der Waals surface area contributed by atoms with Crippen molar-refractivity contribution in [1.29, 1.82) is 0 Å². The van der Waals surface area contributed by atoms with Gasteiger partial charge in [0.25, 0.3) is 7.82 Å². The van der Waals surface area contributed by atoms with Crippen molar-refractivity contribution >= 4 is 13.7 Å². The summed E-state index contributed by atoms with van der Waals surface area (Å²) in [4.78, 5) is 25.5. The summed E-state index contributed by atoms with van der Waals surface area (Å²) in [6.07, 6.45) is 75.0. The number of phosphoric acid groups is 1. The Morgan fingerprint density at radius 2 is 0.873 bits per heavy atom. The van der Waals surface area contributed by atoms with Crippen molar-refractivity contribution < 1.29 is 32.9 Å². The summed E-state index contributed by atoms with van der Waals surface area (Å²) in [5.41, 5.74) is 0. The molecule has 3 atom stereocenters. The van der Waals surface area contributed by atoms with Gasteiger partial charge < -0.3 is 28.8 Å². The van der Waals surface area contributed by atoms with E-state index in [0.717, 1.165) is 70.6 Å². The summed E-state index contributed by atoms with van der Waals surface area (Å²) in [6.45, 7) is 4.49. The number of unbranched alkanes of at least 4 members (excludes halogenated alkanes) is 25. The maximum Gasteiger partial charge on any atom is 0.268 e. The highest BCUT2D eigenvalue weighted by atomic mass is 31.2. The fraction of sp³-hybridized carbons (Fsp3) is 0.726. The van der Waals surface area contributed by atoms with Gasteiger partial charge in [-0.1, -0.05) is 246 Å². The van der Waals surface area contributed by atoms with Crippen LogP contribution in [-0.4, -0.2) is 68.5 Å². The van der Waals surface area contributed by atoms with E-state index in [4.69, 9.17) is 9.05 Å². The molecule has 0 fully saturated rings. The van der Waals surface area contributed by atoms with E-state index in [-0.39, 0.29) is 18.9 Å². The highest BCUT2D eigenvalue weighted by Gasteiger charge is 2.23. The molecule has 0 aromatic rings. The lowest BCUT2D eigenvalue weighted by atomic mass is 10.0. The fourth-order valence-electron chi connectivity index (χ4n) is 8.00. The first kappa shape index (κ1) is 68.4. The van der Waals surface area contributed by atoms with Crippen LogP contribution in [0.5, 0.6) is 0 Å². The molecule has 410 valence electrons. The average Bonchev–Trinajstić information content (AvgIpc) is 3.33. The van der Waals surface area contributed by atoms with Crippen LogP contribution in [0.4, 0.5) is 0 Å². The van der Waals surface area contributed by atoms with Gasteiger partial charge in [-0.3, -0.25) is 9.36 Å². The van der Waals surface area contributed by atoms with Crippen molar-refractivity contribution in [3.8, 4) is 0 Å². The number of allylic oxidation sites excluding steroid dienone is 15. The number of carbonyl (C=O) groups is 1. The Balaban J connectivity index is 4.32. The predicted molar refractivity (Wildman–Crippen MR) is 306 cm³/mol. The minimum absolute atomic E-state index is 0.0202.